The van der Waals surface area contributed by atoms with Crippen LogP contribution in [0.3, 0.4) is 0 Å². The van der Waals surface area contributed by atoms with Crippen molar-refractivity contribution in [2.45, 2.75) is 32.4 Å². The average Bonchev–Trinajstić information content (AvgIpc) is 1.96. The number of nitrogens with one attached hydrogen (secondary N) is 1. The number of hydrogen-bond acceptors (Lipinski definition) is 3. The van der Waals surface area contributed by atoms with Gasteiger partial charge in [0.15, 0.2) is 0 Å². The fraction of sp³-hybridized carbons (Fsp3) is 0.727. The molecule has 0 atom stereocenters. The first kappa shape index (κ1) is 13.5. The van der Waals surface area contributed by atoms with Crippen molar-refractivity contribution in [3.8, 4) is 0 Å². The first-order valence-electron chi connectivity index (χ1n) is 5.32. The summed E-state index contributed by atoms with van der Waals surface area (Å²) in [7, 11) is 0. The van der Waals surface area contributed by atoms with Gasteiger partial charge in [0.25, 0.3) is 0 Å². The van der Waals surface area contributed by atoms with E-state index >= 15 is 0 Å². The summed E-state index contributed by atoms with van der Waals surface area (Å²) >= 11 is 3.28. The summed E-state index contributed by atoms with van der Waals surface area (Å²) in [5, 5.41) is 3.27. The van der Waals surface area contributed by atoms with Crippen molar-refractivity contribution in [3.63, 3.8) is 0 Å². The largest absolute Gasteiger partial charge is 0.444 e. The van der Waals surface area contributed by atoms with Crippen LogP contribution in [0.4, 0.5) is 4.79 Å². The third-order valence-electron chi connectivity index (χ3n) is 2.12. The summed E-state index contributed by atoms with van der Waals surface area (Å²) < 4.78 is 6.17. The van der Waals surface area contributed by atoms with E-state index in [2.05, 4.69) is 27.8 Å². The second-order valence-corrected chi connectivity index (χ2v) is 6.10. The van der Waals surface area contributed by atoms with Gasteiger partial charge in [-0.05, 0) is 20.8 Å². The molecule has 1 fully saturated rings. The Labute approximate surface area is 105 Å². The average molecular weight is 291 g/mol. The predicted octanol–water partition coefficient (Wildman–Crippen LogP) is 2.10. The van der Waals surface area contributed by atoms with Gasteiger partial charge < -0.3 is 15.0 Å². The number of halogens is 1. The number of likely N-dealkylation sites (tertiary alicyclic amines) is 1. The van der Waals surface area contributed by atoms with Crippen LogP contribution in [0.2, 0.25) is 0 Å². The Bertz CT molecular complexity index is 280. The van der Waals surface area contributed by atoms with Crippen molar-refractivity contribution < 1.29 is 9.53 Å². The molecule has 1 aliphatic rings. The lowest BCUT2D eigenvalue weighted by Gasteiger charge is -2.40. The molecule has 0 aromatic rings. The van der Waals surface area contributed by atoms with Crippen LogP contribution in [0.1, 0.15) is 20.8 Å². The number of carbonyl (C=O) groups is 1. The van der Waals surface area contributed by atoms with Crippen LogP contribution < -0.4 is 5.32 Å². The van der Waals surface area contributed by atoms with E-state index in [-0.39, 0.29) is 6.09 Å². The van der Waals surface area contributed by atoms with Gasteiger partial charge >= 0.3 is 6.09 Å². The molecule has 0 unspecified atom stereocenters. The van der Waals surface area contributed by atoms with Gasteiger partial charge in [0.1, 0.15) is 5.60 Å². The van der Waals surface area contributed by atoms with Crippen molar-refractivity contribution >= 4 is 22.0 Å². The maximum Gasteiger partial charge on any atom is 0.410 e. The third-order valence-corrected chi connectivity index (χ3v) is 2.40. The summed E-state index contributed by atoms with van der Waals surface area (Å²) in [6, 6.07) is 0.349. The van der Waals surface area contributed by atoms with Gasteiger partial charge in [-0.15, -0.1) is 0 Å². The van der Waals surface area contributed by atoms with Crippen LogP contribution in [-0.2, 0) is 4.74 Å². The number of carbonyl (C=O) groups excluding carboxylic acids is 1. The minimum absolute atomic E-state index is 0.233. The van der Waals surface area contributed by atoms with E-state index in [1.54, 1.807) is 4.90 Å². The predicted molar refractivity (Wildman–Crippen MR) is 67.7 cm³/mol. The van der Waals surface area contributed by atoms with E-state index in [0.29, 0.717) is 19.1 Å². The second-order valence-electron chi connectivity index (χ2n) is 4.98. The smallest absolute Gasteiger partial charge is 0.410 e. The topological polar surface area (TPSA) is 41.6 Å². The summed E-state index contributed by atoms with van der Waals surface area (Å²) in [4.78, 5) is 13.3. The highest BCUT2D eigenvalue weighted by Crippen LogP contribution is 2.15. The van der Waals surface area contributed by atoms with E-state index in [4.69, 9.17) is 4.74 Å². The van der Waals surface area contributed by atoms with Crippen LogP contribution in [0.25, 0.3) is 0 Å². The van der Waals surface area contributed by atoms with E-state index in [1.165, 1.54) is 0 Å². The molecule has 4 nitrogen and oxygen atoms in total. The Morgan fingerprint density at radius 1 is 1.56 bits per heavy atom. The minimum atomic E-state index is -0.417. The molecular weight excluding hydrogens is 272 g/mol. The molecule has 1 amide bonds. The minimum Gasteiger partial charge on any atom is -0.444 e. The number of nitrogens with zero attached hydrogens (tertiary/aromatic N) is 1. The van der Waals surface area contributed by atoms with E-state index in [0.717, 1.165) is 11.0 Å². The molecule has 0 radical (unpaired) electrons. The Kier molecular flexibility index (Phi) is 4.38. The van der Waals surface area contributed by atoms with E-state index in [9.17, 15) is 4.79 Å². The molecule has 0 aliphatic carbocycles. The van der Waals surface area contributed by atoms with Crippen LogP contribution in [0.5, 0.6) is 0 Å². The fourth-order valence-corrected chi connectivity index (χ4v) is 1.50. The highest BCUT2D eigenvalue weighted by molar-refractivity contribution is 9.11. The van der Waals surface area contributed by atoms with Gasteiger partial charge in [-0.1, -0.05) is 22.5 Å². The van der Waals surface area contributed by atoms with Gasteiger partial charge in [0.05, 0.1) is 0 Å². The van der Waals surface area contributed by atoms with Crippen LogP contribution in [-0.4, -0.2) is 42.3 Å². The Morgan fingerprint density at radius 2 is 2.12 bits per heavy atom. The molecule has 1 heterocycles. The molecule has 5 heteroatoms. The van der Waals surface area contributed by atoms with E-state index in [1.807, 2.05) is 20.8 Å². The Balaban J connectivity index is 2.20. The van der Waals surface area contributed by atoms with Crippen LogP contribution >= 0.6 is 15.9 Å². The third kappa shape index (κ3) is 4.53. The number of hydrogen-bond donors (Lipinski definition) is 1. The zero-order valence-electron chi connectivity index (χ0n) is 10.0. The quantitative estimate of drug-likeness (QED) is 0.866. The van der Waals surface area contributed by atoms with E-state index < -0.39 is 5.60 Å². The molecular formula is C11H19BrN2O2. The number of rotatable bonds is 3. The fourth-order valence-electron chi connectivity index (χ4n) is 1.34. The lowest BCUT2D eigenvalue weighted by molar-refractivity contribution is 0.00569. The zero-order valence-corrected chi connectivity index (χ0v) is 11.6. The molecule has 1 saturated heterocycles. The van der Waals surface area contributed by atoms with Crippen molar-refractivity contribution in [1.29, 1.82) is 0 Å². The molecule has 1 aliphatic heterocycles. The number of ether oxygens (including phenoxy) is 1. The molecule has 92 valence electrons. The van der Waals surface area contributed by atoms with Crippen molar-refractivity contribution in [2.75, 3.05) is 19.6 Å². The molecule has 1 rings (SSSR count). The van der Waals surface area contributed by atoms with Gasteiger partial charge in [0, 0.05) is 30.2 Å². The summed E-state index contributed by atoms with van der Waals surface area (Å²) in [6.45, 7) is 11.5. The Morgan fingerprint density at radius 3 is 2.56 bits per heavy atom. The van der Waals surface area contributed by atoms with Gasteiger partial charge in [-0.25, -0.2) is 4.79 Å². The first-order valence-corrected chi connectivity index (χ1v) is 6.12. The molecule has 0 saturated carbocycles. The zero-order chi connectivity index (χ0) is 12.3. The highest BCUT2D eigenvalue weighted by Gasteiger charge is 2.33. The van der Waals surface area contributed by atoms with Crippen molar-refractivity contribution in [1.82, 2.24) is 10.2 Å². The molecule has 0 aromatic heterocycles. The number of amides is 1. The molecule has 0 bridgehead atoms. The highest BCUT2D eigenvalue weighted by atomic mass is 79.9. The first-order chi connectivity index (χ1) is 7.28. The lowest BCUT2D eigenvalue weighted by atomic mass is 10.1. The standard InChI is InChI=1S/C11H19BrN2O2/c1-8(12)5-13-9-6-14(7-9)10(15)16-11(2,3)4/h9,13H,1,5-7H2,2-4H3. The maximum atomic E-state index is 11.6. The normalized spacial score (nSPS) is 16.9. The monoisotopic (exact) mass is 290 g/mol. The molecule has 0 spiro atoms. The molecule has 16 heavy (non-hydrogen) atoms. The van der Waals surface area contributed by atoms with Crippen molar-refractivity contribution in [2.24, 2.45) is 0 Å². The summed E-state index contributed by atoms with van der Waals surface area (Å²) in [5.74, 6) is 0. The van der Waals surface area contributed by atoms with Crippen molar-refractivity contribution in [3.05, 3.63) is 11.1 Å². The molecule has 1 N–H and O–H groups in total. The van der Waals surface area contributed by atoms with Crippen LogP contribution in [0.15, 0.2) is 11.1 Å². The summed E-state index contributed by atoms with van der Waals surface area (Å²) in [5.41, 5.74) is -0.417. The SMILES string of the molecule is C=C(Br)CNC1CN(C(=O)OC(C)(C)C)C1. The lowest BCUT2D eigenvalue weighted by Crippen LogP contribution is -2.60. The second kappa shape index (κ2) is 5.19. The van der Waals surface area contributed by atoms with Gasteiger partial charge in [0.2, 0.25) is 0 Å². The summed E-state index contributed by atoms with van der Waals surface area (Å²) in [6.07, 6.45) is -0.233. The maximum absolute atomic E-state index is 11.6. The van der Waals surface area contributed by atoms with Gasteiger partial charge in [-0.2, -0.15) is 0 Å². The van der Waals surface area contributed by atoms with Gasteiger partial charge in [-0.3, -0.25) is 0 Å². The van der Waals surface area contributed by atoms with Crippen LogP contribution in [0, 0.1) is 0 Å². The Hall–Kier alpha value is -0.550. The molecule has 0 aromatic carbocycles.